The fraction of sp³-hybridized carbons (Fsp3) is 0.833. The van der Waals surface area contributed by atoms with Crippen LogP contribution in [0.3, 0.4) is 0 Å². The molecule has 104 valence electrons. The van der Waals surface area contributed by atoms with Crippen molar-refractivity contribution in [2.75, 3.05) is 52.9 Å². The Hall–Kier alpha value is -1.14. The molecule has 0 aliphatic carbocycles. The van der Waals surface area contributed by atoms with Crippen molar-refractivity contribution in [2.24, 2.45) is 0 Å². The number of nitrogens with zero attached hydrogens (tertiary/aromatic N) is 2. The van der Waals surface area contributed by atoms with Crippen molar-refractivity contribution in [3.63, 3.8) is 0 Å². The third-order valence-electron chi connectivity index (χ3n) is 3.01. The van der Waals surface area contributed by atoms with Crippen molar-refractivity contribution in [1.29, 1.82) is 0 Å². The molecule has 0 bridgehead atoms. The summed E-state index contributed by atoms with van der Waals surface area (Å²) >= 11 is 0. The zero-order valence-electron chi connectivity index (χ0n) is 11.4. The van der Waals surface area contributed by atoms with Gasteiger partial charge in [0.25, 0.3) is 0 Å². The fourth-order valence-corrected chi connectivity index (χ4v) is 2.02. The van der Waals surface area contributed by atoms with Gasteiger partial charge in [0.15, 0.2) is 0 Å². The van der Waals surface area contributed by atoms with Gasteiger partial charge in [0, 0.05) is 33.2 Å². The number of amides is 2. The van der Waals surface area contributed by atoms with Gasteiger partial charge in [-0.25, -0.2) is 0 Å². The molecule has 0 aromatic rings. The number of hydrogen-bond acceptors (Lipinski definition) is 4. The van der Waals surface area contributed by atoms with Crippen LogP contribution in [-0.2, 0) is 9.59 Å². The number of piperazine rings is 1. The van der Waals surface area contributed by atoms with Crippen molar-refractivity contribution in [3.05, 3.63) is 0 Å². The highest BCUT2D eigenvalue weighted by Gasteiger charge is 2.19. The Morgan fingerprint density at radius 2 is 1.94 bits per heavy atom. The second-order valence-corrected chi connectivity index (χ2v) is 4.51. The van der Waals surface area contributed by atoms with Crippen molar-refractivity contribution in [2.45, 2.75) is 13.3 Å². The number of nitrogens with one attached hydrogen (secondary N) is 2. The summed E-state index contributed by atoms with van der Waals surface area (Å²) in [5.74, 6) is 0.0745. The number of rotatable bonds is 6. The number of hydrogen-bond donors (Lipinski definition) is 2. The first-order valence-corrected chi connectivity index (χ1v) is 6.58. The molecule has 1 rings (SSSR count). The van der Waals surface area contributed by atoms with E-state index in [1.807, 2.05) is 16.7 Å². The number of carbonyl (C=O) groups excluding carboxylic acids is 2. The lowest BCUT2D eigenvalue weighted by Gasteiger charge is -2.30. The van der Waals surface area contributed by atoms with Gasteiger partial charge in [0.2, 0.25) is 11.8 Å². The number of carbonyl (C=O) groups is 2. The molecule has 0 aromatic carbocycles. The first kappa shape index (κ1) is 14.9. The maximum Gasteiger partial charge on any atom is 0.236 e. The van der Waals surface area contributed by atoms with Gasteiger partial charge in [-0.3, -0.25) is 14.5 Å². The standard InChI is InChI=1S/C12H24N4O2/c1-3-6-15(9-11(17)13-2)10-12(18)16-7-4-14-5-8-16/h14H,3-10H2,1-2H3,(H,13,17). The van der Waals surface area contributed by atoms with E-state index in [1.165, 1.54) is 0 Å². The average molecular weight is 256 g/mol. The molecule has 1 heterocycles. The first-order chi connectivity index (χ1) is 8.67. The van der Waals surface area contributed by atoms with Gasteiger partial charge in [-0.2, -0.15) is 0 Å². The predicted octanol–water partition coefficient (Wildman–Crippen LogP) is -1.12. The minimum atomic E-state index is -0.0449. The Kier molecular flexibility index (Phi) is 6.67. The van der Waals surface area contributed by atoms with Crippen molar-refractivity contribution < 1.29 is 9.59 Å². The highest BCUT2D eigenvalue weighted by molar-refractivity contribution is 5.81. The van der Waals surface area contributed by atoms with Gasteiger partial charge in [0.05, 0.1) is 13.1 Å². The molecular formula is C12H24N4O2. The van der Waals surface area contributed by atoms with E-state index in [4.69, 9.17) is 0 Å². The van der Waals surface area contributed by atoms with Crippen LogP contribution in [0.4, 0.5) is 0 Å². The largest absolute Gasteiger partial charge is 0.358 e. The monoisotopic (exact) mass is 256 g/mol. The molecule has 0 spiro atoms. The molecule has 18 heavy (non-hydrogen) atoms. The molecule has 0 aromatic heterocycles. The fourth-order valence-electron chi connectivity index (χ4n) is 2.02. The predicted molar refractivity (Wildman–Crippen MR) is 70.2 cm³/mol. The molecule has 1 fully saturated rings. The van der Waals surface area contributed by atoms with E-state index >= 15 is 0 Å². The van der Waals surface area contributed by atoms with E-state index in [0.29, 0.717) is 13.1 Å². The highest BCUT2D eigenvalue weighted by atomic mass is 16.2. The molecule has 2 amide bonds. The molecule has 1 aliphatic heterocycles. The quantitative estimate of drug-likeness (QED) is 0.631. The molecule has 6 heteroatoms. The summed E-state index contributed by atoms with van der Waals surface area (Å²) in [6.45, 7) is 6.68. The summed E-state index contributed by atoms with van der Waals surface area (Å²) in [5, 5.41) is 5.81. The lowest BCUT2D eigenvalue weighted by molar-refractivity contribution is -0.133. The summed E-state index contributed by atoms with van der Waals surface area (Å²) < 4.78 is 0. The van der Waals surface area contributed by atoms with Crippen LogP contribution in [0.25, 0.3) is 0 Å². The second-order valence-electron chi connectivity index (χ2n) is 4.51. The molecule has 0 saturated carbocycles. The second kappa shape index (κ2) is 8.05. The van der Waals surface area contributed by atoms with Crippen LogP contribution in [0.5, 0.6) is 0 Å². The summed E-state index contributed by atoms with van der Waals surface area (Å²) in [7, 11) is 1.62. The lowest BCUT2D eigenvalue weighted by Crippen LogP contribution is -2.50. The SMILES string of the molecule is CCCN(CC(=O)NC)CC(=O)N1CCNCC1. The van der Waals surface area contributed by atoms with Gasteiger partial charge in [0.1, 0.15) is 0 Å². The van der Waals surface area contributed by atoms with Crippen molar-refractivity contribution in [3.8, 4) is 0 Å². The average Bonchev–Trinajstić information content (AvgIpc) is 2.39. The third-order valence-corrected chi connectivity index (χ3v) is 3.01. The summed E-state index contributed by atoms with van der Waals surface area (Å²) in [6, 6.07) is 0. The van der Waals surface area contributed by atoms with Crippen molar-refractivity contribution >= 4 is 11.8 Å². The van der Waals surface area contributed by atoms with Crippen LogP contribution in [-0.4, -0.2) is 74.5 Å². The molecule has 2 N–H and O–H groups in total. The molecule has 0 atom stereocenters. The molecule has 1 saturated heterocycles. The molecule has 0 radical (unpaired) electrons. The maximum absolute atomic E-state index is 12.1. The highest BCUT2D eigenvalue weighted by Crippen LogP contribution is 1.98. The topological polar surface area (TPSA) is 64.7 Å². The van der Waals surface area contributed by atoms with Crippen LogP contribution < -0.4 is 10.6 Å². The van der Waals surface area contributed by atoms with Crippen LogP contribution >= 0.6 is 0 Å². The Bertz CT molecular complexity index is 277. The van der Waals surface area contributed by atoms with Gasteiger partial charge >= 0.3 is 0 Å². The lowest BCUT2D eigenvalue weighted by atomic mass is 10.3. The molecule has 0 unspecified atom stereocenters. The van der Waals surface area contributed by atoms with Crippen LogP contribution in [0.15, 0.2) is 0 Å². The Balaban J connectivity index is 2.43. The van der Waals surface area contributed by atoms with Crippen LogP contribution in [0, 0.1) is 0 Å². The molecule has 6 nitrogen and oxygen atoms in total. The first-order valence-electron chi connectivity index (χ1n) is 6.58. The van der Waals surface area contributed by atoms with E-state index in [-0.39, 0.29) is 11.8 Å². The minimum absolute atomic E-state index is 0.0449. The molecular weight excluding hydrogens is 232 g/mol. The van der Waals surface area contributed by atoms with E-state index in [2.05, 4.69) is 10.6 Å². The summed E-state index contributed by atoms with van der Waals surface area (Å²) in [4.78, 5) is 27.2. The van der Waals surface area contributed by atoms with E-state index in [1.54, 1.807) is 7.05 Å². The Morgan fingerprint density at radius 3 is 2.50 bits per heavy atom. The Labute approximate surface area is 109 Å². The third kappa shape index (κ3) is 5.01. The maximum atomic E-state index is 12.1. The Morgan fingerprint density at radius 1 is 1.28 bits per heavy atom. The van der Waals surface area contributed by atoms with Gasteiger partial charge in [-0.05, 0) is 13.0 Å². The summed E-state index contributed by atoms with van der Waals surface area (Å²) in [6.07, 6.45) is 0.936. The minimum Gasteiger partial charge on any atom is -0.358 e. The van der Waals surface area contributed by atoms with Gasteiger partial charge in [-0.1, -0.05) is 6.92 Å². The van der Waals surface area contributed by atoms with Gasteiger partial charge in [-0.15, -0.1) is 0 Å². The van der Waals surface area contributed by atoms with E-state index in [9.17, 15) is 9.59 Å². The number of likely N-dealkylation sites (N-methyl/N-ethyl adjacent to an activating group) is 1. The van der Waals surface area contributed by atoms with Crippen LogP contribution in [0.2, 0.25) is 0 Å². The van der Waals surface area contributed by atoms with E-state index < -0.39 is 0 Å². The molecule has 1 aliphatic rings. The van der Waals surface area contributed by atoms with Crippen molar-refractivity contribution in [1.82, 2.24) is 20.4 Å². The van der Waals surface area contributed by atoms with E-state index in [0.717, 1.165) is 39.1 Å². The van der Waals surface area contributed by atoms with Crippen LogP contribution in [0.1, 0.15) is 13.3 Å². The zero-order chi connectivity index (χ0) is 13.4. The normalized spacial score (nSPS) is 15.8. The zero-order valence-corrected chi connectivity index (χ0v) is 11.4. The summed E-state index contributed by atoms with van der Waals surface area (Å²) in [5.41, 5.74) is 0. The smallest absolute Gasteiger partial charge is 0.236 e. The van der Waals surface area contributed by atoms with Gasteiger partial charge < -0.3 is 15.5 Å².